The molecule has 2 aromatic rings. The monoisotopic (exact) mass is 279 g/mol. The highest BCUT2D eigenvalue weighted by Gasteiger charge is 2.24. The maximum Gasteiger partial charge on any atom is 0.164 e. The highest BCUT2D eigenvalue weighted by Crippen LogP contribution is 2.38. The van der Waals surface area contributed by atoms with E-state index in [9.17, 15) is 4.79 Å². The van der Waals surface area contributed by atoms with Gasteiger partial charge in [-0.05, 0) is 43.5 Å². The first-order chi connectivity index (χ1) is 10.2. The number of Topliss-reactive ketones (excluding diaryl/α,β-unsaturated/α-hetero) is 1. The quantitative estimate of drug-likeness (QED) is 0.800. The molecule has 106 valence electrons. The summed E-state index contributed by atoms with van der Waals surface area (Å²) in [6.45, 7) is 2.09. The van der Waals surface area contributed by atoms with Crippen LogP contribution in [0.4, 0.5) is 0 Å². The molecule has 0 fully saturated rings. The third-order valence-electron chi connectivity index (χ3n) is 4.29. The van der Waals surface area contributed by atoms with E-state index in [1.54, 1.807) is 0 Å². The minimum absolute atomic E-state index is 0.221. The van der Waals surface area contributed by atoms with Crippen molar-refractivity contribution in [2.45, 2.75) is 38.7 Å². The standard InChI is InChI=1S/C18H17NO2/c1-11-10-12-4-2-5-14(18(12)21-11)16-9-8-13-15(19-16)6-3-7-17(13)20/h2,4-5,8-9,11H,3,6-7,10H2,1H3. The van der Waals surface area contributed by atoms with Crippen LogP contribution in [0.15, 0.2) is 30.3 Å². The predicted molar refractivity (Wildman–Crippen MR) is 80.7 cm³/mol. The largest absolute Gasteiger partial charge is 0.489 e. The summed E-state index contributed by atoms with van der Waals surface area (Å²) < 4.78 is 5.95. The van der Waals surface area contributed by atoms with Crippen molar-refractivity contribution < 1.29 is 9.53 Å². The molecule has 0 bridgehead atoms. The number of carbonyl (C=O) groups is 1. The molecule has 0 N–H and O–H groups in total. The Bertz CT molecular complexity index is 736. The average Bonchev–Trinajstić information content (AvgIpc) is 2.87. The van der Waals surface area contributed by atoms with E-state index in [1.165, 1.54) is 5.56 Å². The van der Waals surface area contributed by atoms with Crippen LogP contribution in [0.2, 0.25) is 0 Å². The summed E-state index contributed by atoms with van der Waals surface area (Å²) >= 11 is 0. The molecule has 1 aliphatic carbocycles. The Kier molecular flexibility index (Phi) is 2.81. The third kappa shape index (κ3) is 2.04. The predicted octanol–water partition coefficient (Wildman–Crippen LogP) is 3.59. The fourth-order valence-corrected chi connectivity index (χ4v) is 3.29. The van der Waals surface area contributed by atoms with Crippen molar-refractivity contribution in [2.75, 3.05) is 0 Å². The second kappa shape index (κ2) is 4.69. The second-order valence-corrected chi connectivity index (χ2v) is 5.89. The van der Waals surface area contributed by atoms with E-state index in [0.717, 1.165) is 47.5 Å². The van der Waals surface area contributed by atoms with Crippen LogP contribution in [0.1, 0.15) is 41.4 Å². The number of nitrogens with zero attached hydrogens (tertiary/aromatic N) is 1. The lowest BCUT2D eigenvalue weighted by Gasteiger charge is -2.15. The first-order valence-electron chi connectivity index (χ1n) is 7.54. The molecule has 0 saturated carbocycles. The number of fused-ring (bicyclic) bond motifs is 2. The fraction of sp³-hybridized carbons (Fsp3) is 0.333. The molecule has 1 aliphatic heterocycles. The van der Waals surface area contributed by atoms with Gasteiger partial charge in [0.2, 0.25) is 0 Å². The van der Waals surface area contributed by atoms with E-state index in [4.69, 9.17) is 9.72 Å². The zero-order valence-corrected chi connectivity index (χ0v) is 12.1. The molecule has 0 amide bonds. The Hall–Kier alpha value is -2.16. The van der Waals surface area contributed by atoms with Gasteiger partial charge >= 0.3 is 0 Å². The van der Waals surface area contributed by atoms with Crippen LogP contribution in [0.5, 0.6) is 5.75 Å². The molecule has 1 aromatic heterocycles. The Balaban J connectivity index is 1.82. The van der Waals surface area contributed by atoms with E-state index in [1.807, 2.05) is 12.1 Å². The van der Waals surface area contributed by atoms with Crippen molar-refractivity contribution in [1.82, 2.24) is 4.98 Å². The fourth-order valence-electron chi connectivity index (χ4n) is 3.29. The Morgan fingerprint density at radius 2 is 2.05 bits per heavy atom. The Morgan fingerprint density at radius 1 is 1.14 bits per heavy atom. The molecular weight excluding hydrogens is 262 g/mol. The lowest BCUT2D eigenvalue weighted by molar-refractivity contribution is 0.0971. The highest BCUT2D eigenvalue weighted by molar-refractivity contribution is 5.98. The number of rotatable bonds is 1. The van der Waals surface area contributed by atoms with Gasteiger partial charge in [-0.25, -0.2) is 0 Å². The average molecular weight is 279 g/mol. The summed E-state index contributed by atoms with van der Waals surface area (Å²) in [5, 5.41) is 0. The van der Waals surface area contributed by atoms with Crippen LogP contribution in [0.3, 0.4) is 0 Å². The van der Waals surface area contributed by atoms with Crippen LogP contribution in [-0.2, 0) is 12.8 Å². The molecule has 0 spiro atoms. The first-order valence-corrected chi connectivity index (χ1v) is 7.54. The van der Waals surface area contributed by atoms with Gasteiger partial charge in [-0.15, -0.1) is 0 Å². The number of hydrogen-bond acceptors (Lipinski definition) is 3. The summed E-state index contributed by atoms with van der Waals surface area (Å²) in [4.78, 5) is 16.6. The molecule has 0 radical (unpaired) electrons. The van der Waals surface area contributed by atoms with E-state index in [2.05, 4.69) is 25.1 Å². The molecular formula is C18H17NO2. The van der Waals surface area contributed by atoms with Gasteiger partial charge in [-0.1, -0.05) is 12.1 Å². The molecule has 3 heteroatoms. The minimum atomic E-state index is 0.221. The molecule has 1 aromatic carbocycles. The van der Waals surface area contributed by atoms with Crippen molar-refractivity contribution in [3.63, 3.8) is 0 Å². The van der Waals surface area contributed by atoms with Crippen LogP contribution in [0, 0.1) is 0 Å². The summed E-state index contributed by atoms with van der Waals surface area (Å²) in [7, 11) is 0. The lowest BCUT2D eigenvalue weighted by atomic mass is 9.94. The van der Waals surface area contributed by atoms with Gasteiger partial charge in [-0.3, -0.25) is 9.78 Å². The van der Waals surface area contributed by atoms with Gasteiger partial charge in [0.05, 0.1) is 11.4 Å². The van der Waals surface area contributed by atoms with Crippen molar-refractivity contribution in [3.8, 4) is 17.0 Å². The van der Waals surface area contributed by atoms with E-state index >= 15 is 0 Å². The minimum Gasteiger partial charge on any atom is -0.489 e. The zero-order chi connectivity index (χ0) is 14.4. The van der Waals surface area contributed by atoms with Crippen molar-refractivity contribution in [1.29, 1.82) is 0 Å². The second-order valence-electron chi connectivity index (χ2n) is 5.89. The smallest absolute Gasteiger partial charge is 0.164 e. The maximum absolute atomic E-state index is 11.9. The van der Waals surface area contributed by atoms with Crippen LogP contribution in [-0.4, -0.2) is 16.9 Å². The number of carbonyl (C=O) groups excluding carboxylic acids is 1. The number of ether oxygens (including phenoxy) is 1. The van der Waals surface area contributed by atoms with E-state index in [0.29, 0.717) is 6.42 Å². The summed E-state index contributed by atoms with van der Waals surface area (Å²) in [5.74, 6) is 1.18. The summed E-state index contributed by atoms with van der Waals surface area (Å²) in [6.07, 6.45) is 3.62. The van der Waals surface area contributed by atoms with E-state index in [-0.39, 0.29) is 11.9 Å². The number of para-hydroxylation sites is 1. The topological polar surface area (TPSA) is 39.2 Å². The van der Waals surface area contributed by atoms with Crippen molar-refractivity contribution >= 4 is 5.78 Å². The molecule has 1 atom stereocenters. The lowest BCUT2D eigenvalue weighted by Crippen LogP contribution is -2.12. The number of ketones is 1. The van der Waals surface area contributed by atoms with Gasteiger partial charge in [0, 0.05) is 24.0 Å². The van der Waals surface area contributed by atoms with Gasteiger partial charge in [0.25, 0.3) is 0 Å². The van der Waals surface area contributed by atoms with Gasteiger partial charge in [0.15, 0.2) is 5.78 Å². The third-order valence-corrected chi connectivity index (χ3v) is 4.29. The Morgan fingerprint density at radius 3 is 2.95 bits per heavy atom. The first kappa shape index (κ1) is 12.6. The molecule has 1 unspecified atom stereocenters. The summed E-state index contributed by atoms with van der Waals surface area (Å²) in [6, 6.07) is 10.1. The van der Waals surface area contributed by atoms with Gasteiger partial charge in [0.1, 0.15) is 11.9 Å². The number of aryl methyl sites for hydroxylation is 1. The van der Waals surface area contributed by atoms with Gasteiger partial charge < -0.3 is 4.74 Å². The molecule has 21 heavy (non-hydrogen) atoms. The molecule has 0 saturated heterocycles. The summed E-state index contributed by atoms with van der Waals surface area (Å²) in [5.41, 5.74) is 4.93. The van der Waals surface area contributed by atoms with Gasteiger partial charge in [-0.2, -0.15) is 0 Å². The Labute approximate surface area is 124 Å². The number of benzene rings is 1. The number of aromatic nitrogens is 1. The molecule has 2 aliphatic rings. The number of pyridine rings is 1. The SMILES string of the molecule is CC1Cc2cccc(-c3ccc4c(n3)CCCC4=O)c2O1. The van der Waals surface area contributed by atoms with Crippen molar-refractivity contribution in [2.24, 2.45) is 0 Å². The molecule has 4 rings (SSSR count). The number of hydrogen-bond donors (Lipinski definition) is 0. The van der Waals surface area contributed by atoms with Crippen LogP contribution >= 0.6 is 0 Å². The highest BCUT2D eigenvalue weighted by atomic mass is 16.5. The molecule has 3 nitrogen and oxygen atoms in total. The van der Waals surface area contributed by atoms with Crippen molar-refractivity contribution in [3.05, 3.63) is 47.2 Å². The molecule has 2 heterocycles. The maximum atomic E-state index is 11.9. The van der Waals surface area contributed by atoms with E-state index < -0.39 is 0 Å². The normalized spacial score (nSPS) is 19.9. The van der Waals surface area contributed by atoms with Crippen LogP contribution in [0.25, 0.3) is 11.3 Å². The van der Waals surface area contributed by atoms with Crippen LogP contribution < -0.4 is 4.74 Å². The zero-order valence-electron chi connectivity index (χ0n) is 12.1.